The van der Waals surface area contributed by atoms with E-state index in [-0.39, 0.29) is 12.3 Å². The maximum atomic E-state index is 11.4. The molecule has 0 aromatic rings. The minimum Gasteiger partial charge on any atom is -0.370 e. The van der Waals surface area contributed by atoms with E-state index in [0.29, 0.717) is 6.42 Å². The van der Waals surface area contributed by atoms with Crippen molar-refractivity contribution >= 4 is 15.9 Å². The summed E-state index contributed by atoms with van der Waals surface area (Å²) in [6.45, 7) is 0. The van der Waals surface area contributed by atoms with Crippen LogP contribution >= 0.6 is 0 Å². The number of rotatable bonds is 5. The number of hydrogen-bond donors (Lipinski definition) is 1. The van der Waals surface area contributed by atoms with Gasteiger partial charge in [0.05, 0.1) is 6.26 Å². The molecule has 17 heavy (non-hydrogen) atoms. The minimum atomic E-state index is -3.36. The number of primary amides is 1. The molecule has 0 aromatic carbocycles. The Bertz CT molecular complexity index is 453. The second-order valence-corrected chi connectivity index (χ2v) is 5.63. The number of nitrogens with two attached hydrogens (primary N) is 1. The average Bonchev–Trinajstić information content (AvgIpc) is 2.24. The van der Waals surface area contributed by atoms with Crippen LogP contribution in [0.15, 0.2) is 23.9 Å². The highest BCUT2D eigenvalue weighted by atomic mass is 32.2. The fraction of sp³-hybridized carbons (Fsp3) is 0.500. The van der Waals surface area contributed by atoms with Crippen LogP contribution in [0.3, 0.4) is 0 Å². The highest BCUT2D eigenvalue weighted by Crippen LogP contribution is 2.20. The minimum absolute atomic E-state index is 0.228. The number of ether oxygens (including phenoxy) is 1. The molecule has 0 saturated carbocycles. The Morgan fingerprint density at radius 3 is 2.71 bits per heavy atom. The van der Waals surface area contributed by atoms with Crippen molar-refractivity contribution in [1.29, 1.82) is 0 Å². The van der Waals surface area contributed by atoms with E-state index in [4.69, 9.17) is 10.5 Å². The van der Waals surface area contributed by atoms with E-state index < -0.39 is 16.3 Å². The van der Waals surface area contributed by atoms with Crippen LogP contribution in [-0.4, -0.2) is 38.2 Å². The van der Waals surface area contributed by atoms with Gasteiger partial charge in [-0.05, 0) is 24.1 Å². The molecule has 1 rings (SSSR count). The molecule has 1 aliphatic rings. The van der Waals surface area contributed by atoms with E-state index >= 15 is 0 Å². The number of hydrogen-bond acceptors (Lipinski definition) is 4. The molecule has 1 heterocycles. The van der Waals surface area contributed by atoms with Gasteiger partial charge in [0, 0.05) is 19.7 Å². The van der Waals surface area contributed by atoms with Crippen molar-refractivity contribution in [2.45, 2.75) is 19.1 Å². The summed E-state index contributed by atoms with van der Waals surface area (Å²) in [6.07, 6.45) is 5.86. The van der Waals surface area contributed by atoms with Gasteiger partial charge in [0.25, 0.3) is 0 Å². The number of methoxy groups -OCH3 is 1. The first-order valence-electron chi connectivity index (χ1n) is 5.03. The third kappa shape index (κ3) is 3.86. The highest BCUT2D eigenvalue weighted by Gasteiger charge is 2.24. The third-order valence-corrected chi connectivity index (χ3v) is 3.42. The van der Waals surface area contributed by atoms with Crippen LogP contribution in [0.5, 0.6) is 0 Å². The van der Waals surface area contributed by atoms with Crippen molar-refractivity contribution in [2.24, 2.45) is 5.73 Å². The first kappa shape index (κ1) is 13.7. The summed E-state index contributed by atoms with van der Waals surface area (Å²) >= 11 is 0. The first-order chi connectivity index (χ1) is 7.84. The summed E-state index contributed by atoms with van der Waals surface area (Å²) in [5.74, 6) is -0.390. The van der Waals surface area contributed by atoms with E-state index in [1.807, 2.05) is 0 Å². The molecule has 2 N–H and O–H groups in total. The molecular formula is C10H16N2O4S. The highest BCUT2D eigenvalue weighted by molar-refractivity contribution is 7.88. The Balaban J connectivity index is 2.79. The van der Waals surface area contributed by atoms with Crippen LogP contribution < -0.4 is 5.73 Å². The van der Waals surface area contributed by atoms with Crippen LogP contribution in [0, 0.1) is 0 Å². The van der Waals surface area contributed by atoms with Gasteiger partial charge in [-0.2, -0.15) is 0 Å². The molecule has 1 amide bonds. The third-order valence-electron chi connectivity index (χ3n) is 2.33. The summed E-state index contributed by atoms with van der Waals surface area (Å²) in [6, 6.07) is 0. The van der Waals surface area contributed by atoms with Crippen molar-refractivity contribution in [3.8, 4) is 0 Å². The molecule has 0 aliphatic carbocycles. The Morgan fingerprint density at radius 2 is 2.24 bits per heavy atom. The molecule has 96 valence electrons. The predicted octanol–water partition coefficient (Wildman–Crippen LogP) is -0.0603. The van der Waals surface area contributed by atoms with Gasteiger partial charge in [0.2, 0.25) is 15.9 Å². The van der Waals surface area contributed by atoms with E-state index in [1.54, 1.807) is 12.2 Å². The van der Waals surface area contributed by atoms with Gasteiger partial charge in [-0.15, -0.1) is 0 Å². The standard InChI is InChI=1S/C10H16N2O4S/c1-16-10-7-8(3-4-9(11)13)5-6-12(10)17(2,14)15/h5-7,10H,3-4H2,1-2H3,(H2,11,13)/t10-/m0/s1. The molecule has 0 spiro atoms. The number of nitrogens with zero attached hydrogens (tertiary/aromatic N) is 1. The quantitative estimate of drug-likeness (QED) is 0.750. The lowest BCUT2D eigenvalue weighted by Gasteiger charge is -2.28. The van der Waals surface area contributed by atoms with Crippen molar-refractivity contribution in [3.63, 3.8) is 0 Å². The molecule has 0 radical (unpaired) electrons. The largest absolute Gasteiger partial charge is 0.370 e. The zero-order chi connectivity index (χ0) is 13.1. The summed E-state index contributed by atoms with van der Waals surface area (Å²) in [5, 5.41) is 0. The van der Waals surface area contributed by atoms with Gasteiger partial charge < -0.3 is 10.5 Å². The van der Waals surface area contributed by atoms with Crippen molar-refractivity contribution in [1.82, 2.24) is 4.31 Å². The fourth-order valence-electron chi connectivity index (χ4n) is 1.47. The van der Waals surface area contributed by atoms with Gasteiger partial charge in [0.15, 0.2) is 6.23 Å². The van der Waals surface area contributed by atoms with Crippen LogP contribution in [0.4, 0.5) is 0 Å². The fourth-order valence-corrected chi connectivity index (χ4v) is 2.28. The molecular weight excluding hydrogens is 244 g/mol. The number of amides is 1. The van der Waals surface area contributed by atoms with Crippen molar-refractivity contribution in [3.05, 3.63) is 23.9 Å². The Labute approximate surface area is 101 Å². The molecule has 0 fully saturated rings. The van der Waals surface area contributed by atoms with Crippen molar-refractivity contribution < 1.29 is 17.9 Å². The SMILES string of the molecule is CO[C@H]1C=C(CCC(N)=O)C=CN1S(C)(=O)=O. The second kappa shape index (κ2) is 5.33. The maximum Gasteiger partial charge on any atom is 0.234 e. The monoisotopic (exact) mass is 260 g/mol. The normalized spacial score (nSPS) is 20.2. The topological polar surface area (TPSA) is 89.7 Å². The lowest BCUT2D eigenvalue weighted by Crippen LogP contribution is -2.37. The van der Waals surface area contributed by atoms with Gasteiger partial charge in [0.1, 0.15) is 0 Å². The molecule has 6 nitrogen and oxygen atoms in total. The lowest BCUT2D eigenvalue weighted by molar-refractivity contribution is -0.117. The van der Waals surface area contributed by atoms with E-state index in [2.05, 4.69) is 0 Å². The predicted molar refractivity (Wildman–Crippen MR) is 63.1 cm³/mol. The maximum absolute atomic E-state index is 11.4. The zero-order valence-electron chi connectivity index (χ0n) is 9.79. The molecule has 0 saturated heterocycles. The number of carbonyl (C=O) groups is 1. The summed E-state index contributed by atoms with van der Waals surface area (Å²) in [5.41, 5.74) is 5.87. The van der Waals surface area contributed by atoms with Gasteiger partial charge in [-0.1, -0.05) is 0 Å². The van der Waals surface area contributed by atoms with E-state index in [9.17, 15) is 13.2 Å². The molecule has 1 aliphatic heterocycles. The number of sulfonamides is 1. The van der Waals surface area contributed by atoms with E-state index in [1.165, 1.54) is 13.3 Å². The lowest BCUT2D eigenvalue weighted by atomic mass is 10.1. The summed E-state index contributed by atoms with van der Waals surface area (Å²) in [4.78, 5) is 10.6. The second-order valence-electron chi connectivity index (χ2n) is 3.74. The first-order valence-corrected chi connectivity index (χ1v) is 6.88. The molecule has 1 atom stereocenters. The van der Waals surface area contributed by atoms with Crippen LogP contribution in [-0.2, 0) is 19.6 Å². The van der Waals surface area contributed by atoms with Crippen LogP contribution in [0.2, 0.25) is 0 Å². The average molecular weight is 260 g/mol. The van der Waals surface area contributed by atoms with Crippen molar-refractivity contribution in [2.75, 3.05) is 13.4 Å². The van der Waals surface area contributed by atoms with Gasteiger partial charge in [-0.3, -0.25) is 4.79 Å². The van der Waals surface area contributed by atoms with Gasteiger partial charge >= 0.3 is 0 Å². The molecule has 7 heteroatoms. The van der Waals surface area contributed by atoms with Crippen LogP contribution in [0.1, 0.15) is 12.8 Å². The molecule has 0 bridgehead atoms. The molecule has 0 unspecified atom stereocenters. The number of allylic oxidation sites excluding steroid dienone is 2. The summed E-state index contributed by atoms with van der Waals surface area (Å²) < 4.78 is 29.0. The van der Waals surface area contributed by atoms with Gasteiger partial charge in [-0.25, -0.2) is 12.7 Å². The van der Waals surface area contributed by atoms with E-state index in [0.717, 1.165) is 16.1 Å². The Hall–Kier alpha value is -1.34. The Kier molecular flexibility index (Phi) is 4.30. The summed E-state index contributed by atoms with van der Waals surface area (Å²) in [7, 11) is -1.94. The smallest absolute Gasteiger partial charge is 0.234 e. The Morgan fingerprint density at radius 1 is 1.59 bits per heavy atom. The number of carbonyl (C=O) groups excluding carboxylic acids is 1. The molecule has 0 aromatic heterocycles. The van der Waals surface area contributed by atoms with Crippen LogP contribution in [0.25, 0.3) is 0 Å². The zero-order valence-corrected chi connectivity index (χ0v) is 10.6.